The average molecular weight is 421 g/mol. The van der Waals surface area contributed by atoms with Gasteiger partial charge in [-0.2, -0.15) is 0 Å². The molecule has 8 heteroatoms. The van der Waals surface area contributed by atoms with Crippen molar-refractivity contribution in [2.24, 2.45) is 0 Å². The lowest BCUT2D eigenvalue weighted by Crippen LogP contribution is -2.40. The lowest BCUT2D eigenvalue weighted by atomic mass is 10.2. The highest BCUT2D eigenvalue weighted by Gasteiger charge is 2.18. The van der Waals surface area contributed by atoms with Crippen LogP contribution in [0.1, 0.15) is 5.56 Å². The Kier molecular flexibility index (Phi) is 5.24. The second-order valence-corrected chi connectivity index (χ2v) is 7.60. The van der Waals surface area contributed by atoms with E-state index in [0.29, 0.717) is 27.3 Å². The van der Waals surface area contributed by atoms with Crippen molar-refractivity contribution in [3.05, 3.63) is 86.4 Å². The minimum Gasteiger partial charge on any atom is -0.495 e. The van der Waals surface area contributed by atoms with E-state index in [2.05, 4.69) is 5.32 Å². The number of anilines is 1. The lowest BCUT2D eigenvalue weighted by molar-refractivity contribution is -0.116. The van der Waals surface area contributed by atoms with Crippen molar-refractivity contribution in [1.82, 2.24) is 9.13 Å². The van der Waals surface area contributed by atoms with Crippen LogP contribution >= 0.6 is 11.3 Å². The molecule has 0 atom stereocenters. The number of para-hydroxylation sites is 3. The zero-order valence-corrected chi connectivity index (χ0v) is 17.2. The molecule has 0 spiro atoms. The number of carbonyl (C=O) groups excluding carboxylic acids is 1. The van der Waals surface area contributed by atoms with Gasteiger partial charge in [-0.05, 0) is 42.1 Å². The molecule has 7 nitrogen and oxygen atoms in total. The van der Waals surface area contributed by atoms with Crippen LogP contribution in [0, 0.1) is 6.92 Å². The lowest BCUT2D eigenvalue weighted by Gasteiger charge is -2.14. The monoisotopic (exact) mass is 421 g/mol. The maximum atomic E-state index is 13.3. The van der Waals surface area contributed by atoms with Gasteiger partial charge in [-0.3, -0.25) is 14.2 Å². The highest BCUT2D eigenvalue weighted by Crippen LogP contribution is 2.23. The number of fused-ring (bicyclic) bond motifs is 1. The van der Waals surface area contributed by atoms with Crippen molar-refractivity contribution in [2.75, 3.05) is 12.4 Å². The normalized spacial score (nSPS) is 10.9. The summed E-state index contributed by atoms with van der Waals surface area (Å²) in [6.07, 6.45) is 0. The molecule has 152 valence electrons. The van der Waals surface area contributed by atoms with E-state index in [1.165, 1.54) is 23.0 Å². The van der Waals surface area contributed by atoms with Crippen LogP contribution in [0.15, 0.2) is 69.6 Å². The molecule has 0 radical (unpaired) electrons. The predicted molar refractivity (Wildman–Crippen MR) is 118 cm³/mol. The van der Waals surface area contributed by atoms with E-state index in [0.717, 1.165) is 10.1 Å². The van der Waals surface area contributed by atoms with Gasteiger partial charge in [-0.15, -0.1) is 11.3 Å². The van der Waals surface area contributed by atoms with Crippen molar-refractivity contribution in [3.8, 4) is 11.4 Å². The van der Waals surface area contributed by atoms with Gasteiger partial charge in [0.25, 0.3) is 5.56 Å². The van der Waals surface area contributed by atoms with Gasteiger partial charge < -0.3 is 10.1 Å². The predicted octanol–water partition coefficient (Wildman–Crippen LogP) is 3.17. The van der Waals surface area contributed by atoms with Crippen LogP contribution in [0.25, 0.3) is 15.9 Å². The number of benzene rings is 2. The summed E-state index contributed by atoms with van der Waals surface area (Å²) in [5, 5.41) is 4.51. The number of aryl methyl sites for hydroxylation is 1. The van der Waals surface area contributed by atoms with E-state index < -0.39 is 11.6 Å². The number of nitrogens with zero attached hydrogens (tertiary/aromatic N) is 2. The van der Waals surface area contributed by atoms with Gasteiger partial charge in [0.15, 0.2) is 0 Å². The summed E-state index contributed by atoms with van der Waals surface area (Å²) in [7, 11) is 1.52. The Balaban J connectivity index is 1.81. The van der Waals surface area contributed by atoms with Crippen LogP contribution in [-0.2, 0) is 11.3 Å². The third-order valence-electron chi connectivity index (χ3n) is 4.79. The molecule has 4 rings (SSSR count). The molecule has 0 unspecified atom stereocenters. The van der Waals surface area contributed by atoms with Crippen molar-refractivity contribution in [2.45, 2.75) is 13.5 Å². The van der Waals surface area contributed by atoms with E-state index in [-0.39, 0.29) is 12.1 Å². The quantitative estimate of drug-likeness (QED) is 0.537. The van der Waals surface area contributed by atoms with Gasteiger partial charge in [-0.25, -0.2) is 9.36 Å². The van der Waals surface area contributed by atoms with Gasteiger partial charge in [0, 0.05) is 0 Å². The summed E-state index contributed by atoms with van der Waals surface area (Å²) >= 11 is 1.24. The van der Waals surface area contributed by atoms with E-state index >= 15 is 0 Å². The molecule has 4 aromatic rings. The van der Waals surface area contributed by atoms with E-state index in [1.807, 2.05) is 19.1 Å². The molecular weight excluding hydrogens is 402 g/mol. The maximum Gasteiger partial charge on any atom is 0.336 e. The molecule has 2 aromatic heterocycles. The molecule has 2 aromatic carbocycles. The molecule has 0 fully saturated rings. The fourth-order valence-corrected chi connectivity index (χ4v) is 4.17. The SMILES string of the molecule is COc1ccccc1NC(=O)Cn1c(=O)n(-c2ccccc2C)c(=O)c2sccc21. The molecule has 0 aliphatic heterocycles. The highest BCUT2D eigenvalue weighted by molar-refractivity contribution is 7.17. The largest absolute Gasteiger partial charge is 0.495 e. The van der Waals surface area contributed by atoms with Crippen molar-refractivity contribution >= 4 is 33.1 Å². The fraction of sp³-hybridized carbons (Fsp3) is 0.136. The third kappa shape index (κ3) is 3.42. The number of aromatic nitrogens is 2. The number of hydrogen-bond donors (Lipinski definition) is 1. The summed E-state index contributed by atoms with van der Waals surface area (Å²) in [6, 6.07) is 15.9. The van der Waals surface area contributed by atoms with Crippen LogP contribution in [0.4, 0.5) is 5.69 Å². The summed E-state index contributed by atoms with van der Waals surface area (Å²) in [5.74, 6) is 0.118. The van der Waals surface area contributed by atoms with Crippen LogP contribution < -0.4 is 21.3 Å². The number of ether oxygens (including phenoxy) is 1. The highest BCUT2D eigenvalue weighted by atomic mass is 32.1. The van der Waals surface area contributed by atoms with Crippen molar-refractivity contribution in [1.29, 1.82) is 0 Å². The second-order valence-electron chi connectivity index (χ2n) is 6.68. The molecule has 1 amide bonds. The topological polar surface area (TPSA) is 82.3 Å². The Morgan fingerprint density at radius 2 is 1.80 bits per heavy atom. The Morgan fingerprint density at radius 1 is 1.07 bits per heavy atom. The molecule has 0 saturated carbocycles. The number of nitrogens with one attached hydrogen (secondary N) is 1. The molecular formula is C22H19N3O4S. The number of hydrogen-bond acceptors (Lipinski definition) is 5. The van der Waals surface area contributed by atoms with E-state index in [1.54, 1.807) is 47.8 Å². The fourth-order valence-electron chi connectivity index (χ4n) is 3.35. The Labute approximate surface area is 175 Å². The van der Waals surface area contributed by atoms with Gasteiger partial charge in [0.05, 0.1) is 24.0 Å². The summed E-state index contributed by atoms with van der Waals surface area (Å²) in [6.45, 7) is 1.59. The van der Waals surface area contributed by atoms with Crippen LogP contribution in [0.5, 0.6) is 5.75 Å². The third-order valence-corrected chi connectivity index (χ3v) is 5.69. The average Bonchev–Trinajstić information content (AvgIpc) is 3.23. The number of methoxy groups -OCH3 is 1. The van der Waals surface area contributed by atoms with Crippen LogP contribution in [-0.4, -0.2) is 22.2 Å². The van der Waals surface area contributed by atoms with E-state index in [4.69, 9.17) is 4.74 Å². The van der Waals surface area contributed by atoms with Crippen LogP contribution in [0.2, 0.25) is 0 Å². The Bertz CT molecular complexity index is 1370. The standard InChI is InChI=1S/C22H19N3O4S/c1-14-7-3-5-9-16(14)25-21(27)20-17(11-12-30-20)24(22(25)28)13-19(26)23-15-8-4-6-10-18(15)29-2/h3-12H,13H2,1-2H3,(H,23,26). The van der Waals surface area contributed by atoms with Gasteiger partial charge in [0.1, 0.15) is 17.0 Å². The molecule has 30 heavy (non-hydrogen) atoms. The first kappa shape index (κ1) is 19.7. The molecule has 0 aliphatic rings. The molecule has 0 saturated heterocycles. The van der Waals surface area contributed by atoms with Gasteiger partial charge >= 0.3 is 5.69 Å². The minimum atomic E-state index is -0.560. The van der Waals surface area contributed by atoms with Crippen molar-refractivity contribution in [3.63, 3.8) is 0 Å². The first-order chi connectivity index (χ1) is 14.5. The second kappa shape index (κ2) is 8.00. The number of rotatable bonds is 5. The minimum absolute atomic E-state index is 0.240. The summed E-state index contributed by atoms with van der Waals surface area (Å²) in [5.41, 5.74) is 1.29. The zero-order chi connectivity index (χ0) is 21.3. The Morgan fingerprint density at radius 3 is 2.57 bits per heavy atom. The number of amides is 1. The molecule has 1 N–H and O–H groups in total. The van der Waals surface area contributed by atoms with Gasteiger partial charge in [-0.1, -0.05) is 30.3 Å². The summed E-state index contributed by atoms with van der Waals surface area (Å²) in [4.78, 5) is 39.1. The molecule has 0 bridgehead atoms. The number of thiophene rings is 1. The van der Waals surface area contributed by atoms with Gasteiger partial charge in [0.2, 0.25) is 5.91 Å². The Hall–Kier alpha value is -3.65. The van der Waals surface area contributed by atoms with Crippen LogP contribution in [0.3, 0.4) is 0 Å². The smallest absolute Gasteiger partial charge is 0.336 e. The number of carbonyl (C=O) groups is 1. The van der Waals surface area contributed by atoms with E-state index in [9.17, 15) is 14.4 Å². The molecule has 2 heterocycles. The zero-order valence-electron chi connectivity index (χ0n) is 16.4. The maximum absolute atomic E-state index is 13.3. The molecule has 0 aliphatic carbocycles. The first-order valence-electron chi connectivity index (χ1n) is 9.23. The summed E-state index contributed by atoms with van der Waals surface area (Å²) < 4.78 is 8.13. The van der Waals surface area contributed by atoms with Crippen molar-refractivity contribution < 1.29 is 9.53 Å². The first-order valence-corrected chi connectivity index (χ1v) is 10.1.